The molecule has 1 N–H and O–H groups in total. The van der Waals surface area contributed by atoms with E-state index in [2.05, 4.69) is 112 Å². The van der Waals surface area contributed by atoms with Crippen molar-refractivity contribution in [3.05, 3.63) is 96.3 Å². The van der Waals surface area contributed by atoms with Crippen LogP contribution in [0.3, 0.4) is 0 Å². The molecule has 4 heteroatoms. The highest BCUT2D eigenvalue weighted by atomic mass is 15.4. The molecule has 0 spiro atoms. The number of nitrogens with one attached hydrogen (secondary N) is 1. The number of aromatic amines is 1. The molecule has 0 radical (unpaired) electrons. The highest BCUT2D eigenvalue weighted by molar-refractivity contribution is 6.22. The predicted molar refractivity (Wildman–Crippen MR) is 143 cm³/mol. The van der Waals surface area contributed by atoms with Gasteiger partial charge in [-0.25, -0.2) is 0 Å². The highest BCUT2D eigenvalue weighted by Gasteiger charge is 2.31. The van der Waals surface area contributed by atoms with Crippen molar-refractivity contribution in [2.45, 2.75) is 32.6 Å². The van der Waals surface area contributed by atoms with Gasteiger partial charge in [-0.2, -0.15) is 5.10 Å². The molecule has 4 nitrogen and oxygen atoms in total. The first-order chi connectivity index (χ1) is 16.8. The monoisotopic (exact) mass is 446 g/mol. The summed E-state index contributed by atoms with van der Waals surface area (Å²) in [5.74, 6) is 0. The van der Waals surface area contributed by atoms with Crippen LogP contribution in [-0.2, 0) is 6.42 Å². The number of benzene rings is 4. The Bertz CT molecular complexity index is 1440. The number of nitrogens with zero attached hydrogens (tertiary/aromatic N) is 3. The molecule has 0 saturated heterocycles. The van der Waals surface area contributed by atoms with Crippen molar-refractivity contribution in [1.82, 2.24) is 10.2 Å². The summed E-state index contributed by atoms with van der Waals surface area (Å²) in [4.78, 5) is 5.09. The van der Waals surface area contributed by atoms with E-state index >= 15 is 0 Å². The number of hydrogen-bond donors (Lipinski definition) is 1. The summed E-state index contributed by atoms with van der Waals surface area (Å²) in [6.45, 7) is 4.00. The Kier molecular flexibility index (Phi) is 5.42. The second-order valence-electron chi connectivity index (χ2n) is 9.31. The van der Waals surface area contributed by atoms with E-state index < -0.39 is 0 Å². The number of aromatic nitrogens is 2. The van der Waals surface area contributed by atoms with Crippen molar-refractivity contribution < 1.29 is 0 Å². The minimum atomic E-state index is 0.885. The van der Waals surface area contributed by atoms with Gasteiger partial charge in [0.25, 0.3) is 0 Å². The normalized spacial score (nSPS) is 13.2. The molecule has 0 amide bonds. The number of anilines is 3. The molecule has 0 unspecified atom stereocenters. The van der Waals surface area contributed by atoms with Crippen LogP contribution in [-0.4, -0.2) is 23.4 Å². The average molecular weight is 447 g/mol. The van der Waals surface area contributed by atoms with E-state index in [9.17, 15) is 0 Å². The van der Waals surface area contributed by atoms with Crippen LogP contribution in [0.4, 0.5) is 17.1 Å². The van der Waals surface area contributed by atoms with Crippen molar-refractivity contribution in [1.29, 1.82) is 0 Å². The fourth-order valence-electron chi connectivity index (χ4n) is 5.40. The minimum Gasteiger partial charge on any atom is -0.351 e. The van der Waals surface area contributed by atoms with E-state index in [-0.39, 0.29) is 0 Å². The first-order valence-corrected chi connectivity index (χ1v) is 12.3. The van der Waals surface area contributed by atoms with Crippen molar-refractivity contribution in [2.24, 2.45) is 0 Å². The molecule has 2 heterocycles. The molecule has 1 aliphatic heterocycles. The van der Waals surface area contributed by atoms with Crippen LogP contribution in [0.2, 0.25) is 0 Å². The molecule has 170 valence electrons. The quantitative estimate of drug-likeness (QED) is 0.210. The third-order valence-corrected chi connectivity index (χ3v) is 6.96. The van der Waals surface area contributed by atoms with Crippen molar-refractivity contribution in [3.8, 4) is 0 Å². The predicted octanol–water partition coefficient (Wildman–Crippen LogP) is 7.35. The number of para-hydroxylation sites is 1. The second kappa shape index (κ2) is 8.86. The second-order valence-corrected chi connectivity index (χ2v) is 9.31. The lowest BCUT2D eigenvalue weighted by Gasteiger charge is -2.22. The summed E-state index contributed by atoms with van der Waals surface area (Å²) >= 11 is 0. The van der Waals surface area contributed by atoms with Gasteiger partial charge < -0.3 is 9.80 Å². The van der Waals surface area contributed by atoms with Crippen LogP contribution in [0.25, 0.3) is 21.5 Å². The lowest BCUT2D eigenvalue weighted by molar-refractivity contribution is 0.654. The smallest absolute Gasteiger partial charge is 0.0953 e. The van der Waals surface area contributed by atoms with Crippen molar-refractivity contribution >= 4 is 38.6 Å². The number of hydrogen-bond acceptors (Lipinski definition) is 3. The third kappa shape index (κ3) is 3.69. The maximum Gasteiger partial charge on any atom is 0.0953 e. The molecule has 0 fully saturated rings. The maximum absolute atomic E-state index is 4.39. The largest absolute Gasteiger partial charge is 0.351 e. The molecule has 1 aromatic heterocycles. The van der Waals surface area contributed by atoms with Crippen LogP contribution < -0.4 is 9.80 Å². The summed E-state index contributed by atoms with van der Waals surface area (Å²) in [7, 11) is 0. The van der Waals surface area contributed by atoms with Gasteiger partial charge in [0.05, 0.1) is 23.7 Å². The number of unbranched alkanes of at least 4 members (excludes halogenated alkanes) is 2. The van der Waals surface area contributed by atoms with Gasteiger partial charge in [-0.15, -0.1) is 0 Å². The van der Waals surface area contributed by atoms with Gasteiger partial charge in [-0.05, 0) is 55.2 Å². The molecular weight excluding hydrogens is 416 g/mol. The SMILES string of the molecule is Cc1cc(CCCCCN2CN(c3ccccc3)c3c2c2ccccc2c2ccccc32)n[nH]1. The Morgan fingerprint density at radius 2 is 1.38 bits per heavy atom. The molecule has 0 bridgehead atoms. The number of fused-ring (bicyclic) bond motifs is 6. The summed E-state index contributed by atoms with van der Waals surface area (Å²) < 4.78 is 0. The average Bonchev–Trinajstić information content (AvgIpc) is 3.48. The van der Waals surface area contributed by atoms with Gasteiger partial charge in [0.1, 0.15) is 0 Å². The Morgan fingerprint density at radius 3 is 2.06 bits per heavy atom. The van der Waals surface area contributed by atoms with E-state index in [1.165, 1.54) is 63.6 Å². The summed E-state index contributed by atoms with van der Waals surface area (Å²) in [6.07, 6.45) is 4.59. The summed E-state index contributed by atoms with van der Waals surface area (Å²) in [6, 6.07) is 30.7. The standard InChI is InChI=1S/C30H30N4/c1-22-20-23(32-31-22)12-4-3-11-19-33-21-34(24-13-5-2-6-14-24)30-28-18-10-8-16-26(28)25-15-7-9-17-27(25)29(30)33/h2,5-10,13-18,20H,3-4,11-12,19,21H2,1H3,(H,31,32). The fourth-order valence-corrected chi connectivity index (χ4v) is 5.40. The van der Waals surface area contributed by atoms with Crippen molar-refractivity contribution in [2.75, 3.05) is 23.0 Å². The maximum atomic E-state index is 4.39. The summed E-state index contributed by atoms with van der Waals surface area (Å²) in [5, 5.41) is 12.8. The molecule has 0 atom stereocenters. The Balaban J connectivity index is 1.34. The van der Waals surface area contributed by atoms with Gasteiger partial charge in [0, 0.05) is 28.7 Å². The van der Waals surface area contributed by atoms with E-state index in [1.807, 2.05) is 0 Å². The molecule has 4 aromatic carbocycles. The molecule has 0 saturated carbocycles. The lowest BCUT2D eigenvalue weighted by Crippen LogP contribution is -2.28. The first-order valence-electron chi connectivity index (χ1n) is 12.3. The lowest BCUT2D eigenvalue weighted by atomic mass is 9.97. The van der Waals surface area contributed by atoms with Crippen LogP contribution in [0.1, 0.15) is 30.7 Å². The van der Waals surface area contributed by atoms with E-state index in [4.69, 9.17) is 0 Å². The molecule has 1 aliphatic rings. The zero-order chi connectivity index (χ0) is 22.9. The highest BCUT2D eigenvalue weighted by Crippen LogP contribution is 2.50. The number of aryl methyl sites for hydroxylation is 2. The zero-order valence-electron chi connectivity index (χ0n) is 19.7. The van der Waals surface area contributed by atoms with Gasteiger partial charge in [-0.3, -0.25) is 5.10 Å². The molecule has 34 heavy (non-hydrogen) atoms. The van der Waals surface area contributed by atoms with Gasteiger partial charge >= 0.3 is 0 Å². The molecular formula is C30H30N4. The number of H-pyrrole nitrogens is 1. The Labute approximate surface area is 200 Å². The topological polar surface area (TPSA) is 35.2 Å². The Morgan fingerprint density at radius 1 is 0.735 bits per heavy atom. The number of rotatable bonds is 7. The van der Waals surface area contributed by atoms with Crippen molar-refractivity contribution in [3.63, 3.8) is 0 Å². The third-order valence-electron chi connectivity index (χ3n) is 6.96. The van der Waals surface area contributed by atoms with E-state index in [1.54, 1.807) is 0 Å². The Hall–Kier alpha value is -3.79. The zero-order valence-corrected chi connectivity index (χ0v) is 19.7. The van der Waals surface area contributed by atoms with Gasteiger partial charge in [0.2, 0.25) is 0 Å². The van der Waals surface area contributed by atoms with Crippen LogP contribution in [0.5, 0.6) is 0 Å². The van der Waals surface area contributed by atoms with E-state index in [0.717, 1.165) is 25.3 Å². The fraction of sp³-hybridized carbons (Fsp3) is 0.233. The molecule has 5 aromatic rings. The van der Waals surface area contributed by atoms with Gasteiger partial charge in [0.15, 0.2) is 0 Å². The molecule has 6 rings (SSSR count). The minimum absolute atomic E-state index is 0.885. The van der Waals surface area contributed by atoms with Crippen LogP contribution in [0, 0.1) is 6.92 Å². The van der Waals surface area contributed by atoms with E-state index in [0.29, 0.717) is 0 Å². The first kappa shape index (κ1) is 20.8. The van der Waals surface area contributed by atoms with Crippen LogP contribution >= 0.6 is 0 Å². The molecule has 0 aliphatic carbocycles. The van der Waals surface area contributed by atoms with Crippen LogP contribution in [0.15, 0.2) is 84.9 Å². The van der Waals surface area contributed by atoms with Gasteiger partial charge in [-0.1, -0.05) is 73.2 Å². The summed E-state index contributed by atoms with van der Waals surface area (Å²) in [5.41, 5.74) is 6.29.